The number of nitrogens with zero attached hydrogens (tertiary/aromatic N) is 1. The monoisotopic (exact) mass is 470 g/mol. The Morgan fingerprint density at radius 2 is 1.82 bits per heavy atom. The standard InChI is InChI=1S/C23H22N2O7S/c1-5-32-23(27)20-19(14-9-10-17(30-3)18(12-14)31-4)13(2)33-22(20)24-21(26)15-7-6-8-16(11-15)25(28)29/h6-12H,5H2,1-4H3,(H,24,26). The fourth-order valence-electron chi connectivity index (χ4n) is 3.31. The van der Waals surface area contributed by atoms with Gasteiger partial charge in [0.05, 0.1) is 25.7 Å². The van der Waals surface area contributed by atoms with Crippen LogP contribution in [0.25, 0.3) is 11.1 Å². The van der Waals surface area contributed by atoms with Gasteiger partial charge in [0.15, 0.2) is 11.5 Å². The summed E-state index contributed by atoms with van der Waals surface area (Å²) in [5, 5.41) is 14.0. The molecule has 0 spiro atoms. The van der Waals surface area contributed by atoms with Crippen molar-refractivity contribution in [3.63, 3.8) is 0 Å². The van der Waals surface area contributed by atoms with Crippen molar-refractivity contribution < 1.29 is 28.7 Å². The highest BCUT2D eigenvalue weighted by molar-refractivity contribution is 7.17. The number of non-ortho nitro benzene ring substituents is 1. The molecule has 1 aromatic heterocycles. The Balaban J connectivity index is 2.08. The molecule has 10 heteroatoms. The number of carbonyl (C=O) groups is 2. The van der Waals surface area contributed by atoms with Crippen LogP contribution in [0.3, 0.4) is 0 Å². The SMILES string of the molecule is CCOC(=O)c1c(NC(=O)c2cccc([N+](=O)[O-])c2)sc(C)c1-c1ccc(OC)c(OC)c1. The minimum Gasteiger partial charge on any atom is -0.493 e. The van der Waals surface area contributed by atoms with Crippen LogP contribution in [-0.2, 0) is 4.74 Å². The highest BCUT2D eigenvalue weighted by Crippen LogP contribution is 2.43. The number of carbonyl (C=O) groups excluding carboxylic acids is 2. The van der Waals surface area contributed by atoms with Crippen LogP contribution >= 0.6 is 11.3 Å². The number of nitrogens with one attached hydrogen (secondary N) is 1. The lowest BCUT2D eigenvalue weighted by Gasteiger charge is -2.12. The molecule has 0 fully saturated rings. The summed E-state index contributed by atoms with van der Waals surface area (Å²) in [6.07, 6.45) is 0. The molecule has 3 aromatic rings. The lowest BCUT2D eigenvalue weighted by molar-refractivity contribution is -0.384. The van der Waals surface area contributed by atoms with E-state index in [1.54, 1.807) is 25.1 Å². The highest BCUT2D eigenvalue weighted by Gasteiger charge is 2.26. The molecule has 172 valence electrons. The number of nitro benzene ring substituents is 1. The van der Waals surface area contributed by atoms with Gasteiger partial charge in [-0.25, -0.2) is 4.79 Å². The Bertz CT molecular complexity index is 1220. The van der Waals surface area contributed by atoms with Gasteiger partial charge in [-0.05, 0) is 37.6 Å². The van der Waals surface area contributed by atoms with Gasteiger partial charge in [0, 0.05) is 28.1 Å². The van der Waals surface area contributed by atoms with Crippen LogP contribution in [0, 0.1) is 17.0 Å². The second kappa shape index (κ2) is 10.1. The molecule has 0 radical (unpaired) electrons. The Kier molecular flexibility index (Phi) is 7.29. The maximum absolute atomic E-state index is 12.9. The lowest BCUT2D eigenvalue weighted by atomic mass is 10.0. The summed E-state index contributed by atoms with van der Waals surface area (Å²) in [5.74, 6) is -0.158. The number of rotatable bonds is 8. The van der Waals surface area contributed by atoms with Crippen LogP contribution in [0.4, 0.5) is 10.7 Å². The second-order valence-corrected chi connectivity index (χ2v) is 8.01. The van der Waals surface area contributed by atoms with Crippen molar-refractivity contribution in [2.24, 2.45) is 0 Å². The molecule has 1 heterocycles. The molecule has 0 saturated heterocycles. The Hall–Kier alpha value is -3.92. The molecule has 0 aliphatic carbocycles. The van der Waals surface area contributed by atoms with Crippen LogP contribution in [-0.4, -0.2) is 37.6 Å². The lowest BCUT2D eigenvalue weighted by Crippen LogP contribution is -2.15. The topological polar surface area (TPSA) is 117 Å². The molecule has 1 N–H and O–H groups in total. The van der Waals surface area contributed by atoms with Crippen molar-refractivity contribution in [2.45, 2.75) is 13.8 Å². The largest absolute Gasteiger partial charge is 0.493 e. The Labute approximate surface area is 194 Å². The Morgan fingerprint density at radius 3 is 2.45 bits per heavy atom. The van der Waals surface area contributed by atoms with E-state index in [0.29, 0.717) is 22.6 Å². The second-order valence-electron chi connectivity index (χ2n) is 6.79. The summed E-state index contributed by atoms with van der Waals surface area (Å²) < 4.78 is 15.9. The first-order chi connectivity index (χ1) is 15.8. The van der Waals surface area contributed by atoms with E-state index in [1.165, 1.54) is 49.8 Å². The van der Waals surface area contributed by atoms with Gasteiger partial charge in [-0.3, -0.25) is 14.9 Å². The van der Waals surface area contributed by atoms with E-state index < -0.39 is 16.8 Å². The summed E-state index contributed by atoms with van der Waals surface area (Å²) in [6.45, 7) is 3.66. The number of thiophene rings is 1. The summed E-state index contributed by atoms with van der Waals surface area (Å²) in [7, 11) is 3.04. The zero-order valence-electron chi connectivity index (χ0n) is 18.5. The minimum absolute atomic E-state index is 0.0951. The third kappa shape index (κ3) is 4.96. The van der Waals surface area contributed by atoms with Crippen LogP contribution in [0.15, 0.2) is 42.5 Å². The third-order valence-electron chi connectivity index (χ3n) is 4.78. The number of esters is 1. The van der Waals surface area contributed by atoms with E-state index in [-0.39, 0.29) is 28.4 Å². The smallest absolute Gasteiger partial charge is 0.341 e. The van der Waals surface area contributed by atoms with E-state index in [0.717, 1.165) is 4.88 Å². The number of hydrogen-bond acceptors (Lipinski definition) is 8. The fourth-order valence-corrected chi connectivity index (χ4v) is 4.37. The number of ether oxygens (including phenoxy) is 3. The number of methoxy groups -OCH3 is 2. The van der Waals surface area contributed by atoms with Crippen molar-refractivity contribution in [1.82, 2.24) is 0 Å². The molecule has 1 amide bonds. The maximum atomic E-state index is 12.9. The fraction of sp³-hybridized carbons (Fsp3) is 0.217. The number of aryl methyl sites for hydroxylation is 1. The van der Waals surface area contributed by atoms with Crippen molar-refractivity contribution in [1.29, 1.82) is 0 Å². The third-order valence-corrected chi connectivity index (χ3v) is 5.80. The van der Waals surface area contributed by atoms with Crippen LogP contribution in [0.1, 0.15) is 32.5 Å². The van der Waals surface area contributed by atoms with Crippen LogP contribution in [0.2, 0.25) is 0 Å². The van der Waals surface area contributed by atoms with Crippen molar-refractivity contribution in [3.05, 3.63) is 68.6 Å². The normalized spacial score (nSPS) is 10.4. The quantitative estimate of drug-likeness (QED) is 0.277. The molecular formula is C23H22N2O7S. The van der Waals surface area contributed by atoms with Crippen molar-refractivity contribution in [3.8, 4) is 22.6 Å². The molecule has 2 aromatic carbocycles. The van der Waals surface area contributed by atoms with Gasteiger partial charge < -0.3 is 19.5 Å². The average Bonchev–Trinajstić information content (AvgIpc) is 3.14. The van der Waals surface area contributed by atoms with E-state index >= 15 is 0 Å². The molecule has 0 atom stereocenters. The van der Waals surface area contributed by atoms with Gasteiger partial charge in [-0.2, -0.15) is 0 Å². The molecule has 33 heavy (non-hydrogen) atoms. The van der Waals surface area contributed by atoms with Crippen LogP contribution in [0.5, 0.6) is 11.5 Å². The zero-order chi connectivity index (χ0) is 24.1. The van der Waals surface area contributed by atoms with Crippen molar-refractivity contribution >= 4 is 33.9 Å². The van der Waals surface area contributed by atoms with Gasteiger partial charge in [-0.1, -0.05) is 12.1 Å². The predicted molar refractivity (Wildman–Crippen MR) is 125 cm³/mol. The number of amides is 1. The number of nitro groups is 1. The molecule has 9 nitrogen and oxygen atoms in total. The molecule has 0 aliphatic rings. The van der Waals surface area contributed by atoms with Gasteiger partial charge >= 0.3 is 5.97 Å². The highest BCUT2D eigenvalue weighted by atomic mass is 32.1. The van der Waals surface area contributed by atoms with Gasteiger partial charge in [-0.15, -0.1) is 11.3 Å². The first-order valence-electron chi connectivity index (χ1n) is 9.89. The van der Waals surface area contributed by atoms with Gasteiger partial charge in [0.1, 0.15) is 10.6 Å². The molecule has 0 unspecified atom stereocenters. The summed E-state index contributed by atoms with van der Waals surface area (Å²) in [4.78, 5) is 37.0. The van der Waals surface area contributed by atoms with E-state index in [9.17, 15) is 19.7 Å². The van der Waals surface area contributed by atoms with Crippen LogP contribution < -0.4 is 14.8 Å². The average molecular weight is 471 g/mol. The summed E-state index contributed by atoms with van der Waals surface area (Å²) >= 11 is 1.21. The molecule has 0 bridgehead atoms. The Morgan fingerprint density at radius 1 is 1.09 bits per heavy atom. The summed E-state index contributed by atoms with van der Waals surface area (Å²) in [5.41, 5.74) is 1.36. The minimum atomic E-state index is -0.596. The van der Waals surface area contributed by atoms with E-state index in [2.05, 4.69) is 5.32 Å². The first-order valence-corrected chi connectivity index (χ1v) is 10.7. The number of benzene rings is 2. The number of anilines is 1. The number of hydrogen-bond donors (Lipinski definition) is 1. The molecule has 0 aliphatic heterocycles. The molecule has 0 saturated carbocycles. The predicted octanol–water partition coefficient (Wildman–Crippen LogP) is 5.08. The van der Waals surface area contributed by atoms with Gasteiger partial charge in [0.25, 0.3) is 11.6 Å². The van der Waals surface area contributed by atoms with Crippen molar-refractivity contribution in [2.75, 3.05) is 26.1 Å². The summed E-state index contributed by atoms with van der Waals surface area (Å²) in [6, 6.07) is 10.6. The molecular weight excluding hydrogens is 448 g/mol. The van der Waals surface area contributed by atoms with E-state index in [4.69, 9.17) is 14.2 Å². The zero-order valence-corrected chi connectivity index (χ0v) is 19.3. The van der Waals surface area contributed by atoms with E-state index in [1.807, 2.05) is 6.92 Å². The molecule has 3 rings (SSSR count). The van der Waals surface area contributed by atoms with Gasteiger partial charge in [0.2, 0.25) is 0 Å². The first kappa shape index (κ1) is 23.7. The maximum Gasteiger partial charge on any atom is 0.341 e.